The standard InChI is InChI=1S/C13H18N2O3S/c1-9-8-19-6-5-14(9)12-4-3-11(10(2)16)7-13(12)15(17)18/h3-4,7,9-10,16H,5-6,8H2,1-2H3. The number of nitro groups is 1. The third-order valence-electron chi connectivity index (χ3n) is 3.36. The van der Waals surface area contributed by atoms with Crippen LogP contribution in [-0.4, -0.2) is 34.1 Å². The van der Waals surface area contributed by atoms with E-state index >= 15 is 0 Å². The normalized spacial score (nSPS) is 21.2. The minimum Gasteiger partial charge on any atom is -0.389 e. The zero-order valence-electron chi connectivity index (χ0n) is 11.1. The zero-order chi connectivity index (χ0) is 14.0. The number of nitro benzene ring substituents is 1. The summed E-state index contributed by atoms with van der Waals surface area (Å²) in [6.07, 6.45) is -0.693. The predicted molar refractivity (Wildman–Crippen MR) is 77.9 cm³/mol. The molecule has 5 nitrogen and oxygen atoms in total. The maximum Gasteiger partial charge on any atom is 0.292 e. The molecule has 0 saturated carbocycles. The number of aliphatic hydroxyl groups excluding tert-OH is 1. The Morgan fingerprint density at radius 3 is 2.89 bits per heavy atom. The van der Waals surface area contributed by atoms with Crippen molar-refractivity contribution in [2.24, 2.45) is 0 Å². The first-order chi connectivity index (χ1) is 9.00. The van der Waals surface area contributed by atoms with E-state index in [1.807, 2.05) is 11.8 Å². The van der Waals surface area contributed by atoms with Crippen molar-refractivity contribution in [3.8, 4) is 0 Å². The Hall–Kier alpha value is -1.27. The molecule has 1 aromatic carbocycles. The molecule has 2 unspecified atom stereocenters. The lowest BCUT2D eigenvalue weighted by Gasteiger charge is -2.34. The van der Waals surface area contributed by atoms with Gasteiger partial charge in [-0.1, -0.05) is 6.07 Å². The molecule has 0 spiro atoms. The number of aliphatic hydroxyl groups is 1. The van der Waals surface area contributed by atoms with Gasteiger partial charge >= 0.3 is 0 Å². The molecule has 0 aromatic heterocycles. The molecule has 104 valence electrons. The van der Waals surface area contributed by atoms with Crippen LogP contribution >= 0.6 is 11.8 Å². The summed E-state index contributed by atoms with van der Waals surface area (Å²) in [5.41, 5.74) is 1.31. The van der Waals surface area contributed by atoms with Crippen LogP contribution in [0.2, 0.25) is 0 Å². The van der Waals surface area contributed by atoms with Gasteiger partial charge in [0, 0.05) is 30.2 Å². The van der Waals surface area contributed by atoms with Crippen LogP contribution in [-0.2, 0) is 0 Å². The van der Waals surface area contributed by atoms with Crippen molar-refractivity contribution in [2.75, 3.05) is 23.0 Å². The predicted octanol–water partition coefficient (Wildman–Crippen LogP) is 2.59. The molecular weight excluding hydrogens is 264 g/mol. The number of hydrogen-bond acceptors (Lipinski definition) is 5. The quantitative estimate of drug-likeness (QED) is 0.682. The highest BCUT2D eigenvalue weighted by Gasteiger charge is 2.26. The van der Waals surface area contributed by atoms with Gasteiger partial charge in [-0.05, 0) is 25.5 Å². The fourth-order valence-electron chi connectivity index (χ4n) is 2.27. The van der Waals surface area contributed by atoms with E-state index in [2.05, 4.69) is 11.8 Å². The van der Waals surface area contributed by atoms with Crippen LogP contribution in [0.4, 0.5) is 11.4 Å². The second-order valence-corrected chi connectivity index (χ2v) is 5.95. The van der Waals surface area contributed by atoms with E-state index in [-0.39, 0.29) is 16.7 Å². The van der Waals surface area contributed by atoms with Gasteiger partial charge < -0.3 is 10.0 Å². The summed E-state index contributed by atoms with van der Waals surface area (Å²) in [6, 6.07) is 5.29. The van der Waals surface area contributed by atoms with Crippen LogP contribution in [0.5, 0.6) is 0 Å². The van der Waals surface area contributed by atoms with E-state index < -0.39 is 6.10 Å². The smallest absolute Gasteiger partial charge is 0.292 e. The second kappa shape index (κ2) is 5.79. The summed E-state index contributed by atoms with van der Waals surface area (Å²) in [6.45, 7) is 4.51. The fourth-order valence-corrected chi connectivity index (χ4v) is 3.29. The number of thioether (sulfide) groups is 1. The van der Waals surface area contributed by atoms with E-state index in [1.165, 1.54) is 6.07 Å². The van der Waals surface area contributed by atoms with E-state index in [4.69, 9.17) is 0 Å². The van der Waals surface area contributed by atoms with E-state index in [0.29, 0.717) is 11.3 Å². The summed E-state index contributed by atoms with van der Waals surface area (Å²) < 4.78 is 0. The third kappa shape index (κ3) is 3.01. The average molecular weight is 282 g/mol. The largest absolute Gasteiger partial charge is 0.389 e. The lowest BCUT2D eigenvalue weighted by Crippen LogP contribution is -2.40. The van der Waals surface area contributed by atoms with E-state index in [9.17, 15) is 15.2 Å². The van der Waals surface area contributed by atoms with Crippen molar-refractivity contribution in [1.82, 2.24) is 0 Å². The highest BCUT2D eigenvalue weighted by Crippen LogP contribution is 2.34. The summed E-state index contributed by atoms with van der Waals surface area (Å²) in [5.74, 6) is 1.97. The lowest BCUT2D eigenvalue weighted by molar-refractivity contribution is -0.384. The molecule has 6 heteroatoms. The maximum atomic E-state index is 11.2. The molecule has 0 radical (unpaired) electrons. The molecule has 2 rings (SSSR count). The van der Waals surface area contributed by atoms with Crippen molar-refractivity contribution in [3.63, 3.8) is 0 Å². The van der Waals surface area contributed by atoms with Gasteiger partial charge in [-0.15, -0.1) is 0 Å². The zero-order valence-corrected chi connectivity index (χ0v) is 11.9. The Kier molecular flexibility index (Phi) is 4.31. The highest BCUT2D eigenvalue weighted by molar-refractivity contribution is 7.99. The van der Waals surface area contributed by atoms with Crippen molar-refractivity contribution >= 4 is 23.1 Å². The number of rotatable bonds is 3. The van der Waals surface area contributed by atoms with Crippen molar-refractivity contribution < 1.29 is 10.0 Å². The van der Waals surface area contributed by atoms with E-state index in [0.717, 1.165) is 18.1 Å². The Labute approximate surface area is 116 Å². The molecule has 1 aliphatic heterocycles. The molecular formula is C13H18N2O3S. The van der Waals surface area contributed by atoms with Gasteiger partial charge in [-0.2, -0.15) is 11.8 Å². The summed E-state index contributed by atoms with van der Waals surface area (Å²) in [5, 5.41) is 20.8. The van der Waals surface area contributed by atoms with Crippen LogP contribution < -0.4 is 4.90 Å². The monoisotopic (exact) mass is 282 g/mol. The van der Waals surface area contributed by atoms with Gasteiger partial charge in [-0.3, -0.25) is 10.1 Å². The fraction of sp³-hybridized carbons (Fsp3) is 0.538. The van der Waals surface area contributed by atoms with E-state index in [1.54, 1.807) is 19.1 Å². The average Bonchev–Trinajstić information content (AvgIpc) is 2.38. The number of benzene rings is 1. The number of hydrogen-bond donors (Lipinski definition) is 1. The Balaban J connectivity index is 2.41. The molecule has 2 atom stereocenters. The maximum absolute atomic E-state index is 11.2. The molecule has 1 heterocycles. The molecule has 1 aliphatic rings. The number of anilines is 1. The topological polar surface area (TPSA) is 66.6 Å². The summed E-state index contributed by atoms with van der Waals surface area (Å²) in [4.78, 5) is 13.0. The van der Waals surface area contributed by atoms with Gasteiger partial charge in [0.15, 0.2) is 0 Å². The van der Waals surface area contributed by atoms with Gasteiger partial charge in [0.25, 0.3) is 5.69 Å². The number of nitrogens with zero attached hydrogens (tertiary/aromatic N) is 2. The molecule has 1 saturated heterocycles. The second-order valence-electron chi connectivity index (χ2n) is 4.80. The lowest BCUT2D eigenvalue weighted by atomic mass is 10.1. The molecule has 0 amide bonds. The Morgan fingerprint density at radius 2 is 2.32 bits per heavy atom. The summed E-state index contributed by atoms with van der Waals surface area (Å²) in [7, 11) is 0. The van der Waals surface area contributed by atoms with Crippen LogP contribution in [0.3, 0.4) is 0 Å². The Bertz CT molecular complexity index is 479. The van der Waals surface area contributed by atoms with Gasteiger partial charge in [-0.25, -0.2) is 0 Å². The van der Waals surface area contributed by atoms with Crippen LogP contribution in [0.15, 0.2) is 18.2 Å². The molecule has 1 fully saturated rings. The van der Waals surface area contributed by atoms with Gasteiger partial charge in [0.1, 0.15) is 5.69 Å². The first-order valence-corrected chi connectivity index (χ1v) is 7.47. The molecule has 1 N–H and O–H groups in total. The van der Waals surface area contributed by atoms with Crippen molar-refractivity contribution in [2.45, 2.75) is 26.0 Å². The first-order valence-electron chi connectivity index (χ1n) is 6.31. The molecule has 0 bridgehead atoms. The first kappa shape index (κ1) is 14.1. The molecule has 1 aromatic rings. The Morgan fingerprint density at radius 1 is 1.58 bits per heavy atom. The van der Waals surface area contributed by atoms with Crippen molar-refractivity contribution in [1.29, 1.82) is 0 Å². The minimum atomic E-state index is -0.693. The minimum absolute atomic E-state index is 0.0807. The third-order valence-corrected chi connectivity index (χ3v) is 4.54. The SMILES string of the molecule is CC(O)c1ccc(N2CCSCC2C)c([N+](=O)[O-])c1. The van der Waals surface area contributed by atoms with Crippen molar-refractivity contribution in [3.05, 3.63) is 33.9 Å². The van der Waals surface area contributed by atoms with Gasteiger partial charge in [0.05, 0.1) is 11.0 Å². The molecule has 19 heavy (non-hydrogen) atoms. The molecule has 0 aliphatic carbocycles. The summed E-state index contributed by atoms with van der Waals surface area (Å²) >= 11 is 1.87. The van der Waals surface area contributed by atoms with Crippen LogP contribution in [0, 0.1) is 10.1 Å². The highest BCUT2D eigenvalue weighted by atomic mass is 32.2. The van der Waals surface area contributed by atoms with Crippen LogP contribution in [0.25, 0.3) is 0 Å². The van der Waals surface area contributed by atoms with Crippen LogP contribution in [0.1, 0.15) is 25.5 Å². The van der Waals surface area contributed by atoms with Gasteiger partial charge in [0.2, 0.25) is 0 Å².